The van der Waals surface area contributed by atoms with Crippen molar-refractivity contribution in [2.24, 2.45) is 0 Å². The molecule has 0 fully saturated rings. The van der Waals surface area contributed by atoms with E-state index in [4.69, 9.17) is 27.9 Å². The van der Waals surface area contributed by atoms with Crippen LogP contribution in [0.3, 0.4) is 0 Å². The Hall–Kier alpha value is -2.45. The molecule has 0 unspecified atom stereocenters. The molecular weight excluding hydrogens is 268 g/mol. The number of hydrogen-bond donors (Lipinski definition) is 2. The number of nitrogens with zero attached hydrogens (tertiary/aromatic N) is 1. The minimum atomic E-state index is -1.09. The zero-order chi connectivity index (χ0) is 13.8. The van der Waals surface area contributed by atoms with E-state index in [0.717, 1.165) is 0 Å². The highest BCUT2D eigenvalue weighted by Gasteiger charge is 2.13. The van der Waals surface area contributed by atoms with Crippen molar-refractivity contribution in [2.75, 3.05) is 6.61 Å². The van der Waals surface area contributed by atoms with E-state index in [2.05, 4.69) is 16.1 Å². The number of benzene rings is 1. The number of carbonyl (C=O) groups is 1. The summed E-state index contributed by atoms with van der Waals surface area (Å²) in [5.74, 6) is 1.76. The minimum absolute atomic E-state index is 0.0159. The van der Waals surface area contributed by atoms with Gasteiger partial charge in [0.25, 0.3) is 0 Å². The number of halogens is 1. The van der Waals surface area contributed by atoms with Crippen molar-refractivity contribution in [1.82, 2.24) is 10.2 Å². The van der Waals surface area contributed by atoms with E-state index in [0.29, 0.717) is 22.0 Å². The van der Waals surface area contributed by atoms with Crippen molar-refractivity contribution >= 4 is 17.6 Å². The van der Waals surface area contributed by atoms with Crippen LogP contribution in [0.4, 0.5) is 0 Å². The van der Waals surface area contributed by atoms with Gasteiger partial charge < -0.3 is 9.84 Å². The smallest absolute Gasteiger partial charge is 0.353 e. The molecule has 1 heterocycles. The zero-order valence-electron chi connectivity index (χ0n) is 9.68. The molecule has 2 N–H and O–H groups in total. The number of aromatic carboxylic acids is 1. The summed E-state index contributed by atoms with van der Waals surface area (Å²) < 4.78 is 5.37. The van der Waals surface area contributed by atoms with Gasteiger partial charge >= 0.3 is 5.97 Å². The van der Waals surface area contributed by atoms with Crippen molar-refractivity contribution in [3.05, 3.63) is 35.0 Å². The fraction of sp³-hybridized carbons (Fsp3) is 0.0769. The molecule has 0 aliphatic carbocycles. The average molecular weight is 277 g/mol. The van der Waals surface area contributed by atoms with Crippen molar-refractivity contribution in [3.63, 3.8) is 0 Å². The maximum absolute atomic E-state index is 10.8. The molecule has 19 heavy (non-hydrogen) atoms. The number of H-pyrrole nitrogens is 1. The monoisotopic (exact) mass is 276 g/mol. The maximum Gasteiger partial charge on any atom is 0.353 e. The van der Waals surface area contributed by atoms with Crippen LogP contribution in [-0.4, -0.2) is 27.9 Å². The quantitative estimate of drug-likeness (QED) is 0.841. The van der Waals surface area contributed by atoms with Gasteiger partial charge in [-0.3, -0.25) is 5.10 Å². The van der Waals surface area contributed by atoms with Gasteiger partial charge in [-0.1, -0.05) is 17.5 Å². The van der Waals surface area contributed by atoms with Crippen LogP contribution < -0.4 is 4.74 Å². The van der Waals surface area contributed by atoms with Gasteiger partial charge in [-0.2, -0.15) is 5.10 Å². The first-order valence-electron chi connectivity index (χ1n) is 5.26. The number of carboxylic acid groups (broad SMARTS) is 1. The lowest BCUT2D eigenvalue weighted by molar-refractivity contribution is 0.0690. The van der Waals surface area contributed by atoms with E-state index in [1.54, 1.807) is 18.2 Å². The van der Waals surface area contributed by atoms with Gasteiger partial charge in [0.2, 0.25) is 0 Å². The zero-order valence-corrected chi connectivity index (χ0v) is 10.4. The largest absolute Gasteiger partial charge is 0.480 e. The Morgan fingerprint density at radius 2 is 2.32 bits per heavy atom. The summed E-state index contributed by atoms with van der Waals surface area (Å²) in [5.41, 5.74) is 0.983. The summed E-state index contributed by atoms with van der Waals surface area (Å²) in [7, 11) is 0. The molecule has 0 saturated heterocycles. The molecule has 0 spiro atoms. The summed E-state index contributed by atoms with van der Waals surface area (Å²) in [4.78, 5) is 10.8. The molecule has 0 radical (unpaired) electrons. The van der Waals surface area contributed by atoms with Crippen molar-refractivity contribution in [2.45, 2.75) is 0 Å². The van der Waals surface area contributed by atoms with Gasteiger partial charge in [-0.15, -0.1) is 6.42 Å². The van der Waals surface area contributed by atoms with Gasteiger partial charge in [0.05, 0.1) is 5.69 Å². The second kappa shape index (κ2) is 5.46. The Labute approximate surface area is 114 Å². The van der Waals surface area contributed by atoms with Crippen molar-refractivity contribution in [1.29, 1.82) is 0 Å². The normalized spacial score (nSPS) is 9.89. The highest BCUT2D eigenvalue weighted by atomic mass is 35.5. The molecule has 1 aromatic heterocycles. The predicted octanol–water partition coefficient (Wildman–Crippen LogP) is 2.44. The fourth-order valence-corrected chi connectivity index (χ4v) is 1.69. The Kier molecular flexibility index (Phi) is 3.74. The number of terminal acetylenes is 1. The molecule has 0 amide bonds. The minimum Gasteiger partial charge on any atom is -0.480 e. The fourth-order valence-electron chi connectivity index (χ4n) is 1.52. The van der Waals surface area contributed by atoms with Crippen LogP contribution in [0.2, 0.25) is 5.02 Å². The van der Waals surface area contributed by atoms with E-state index < -0.39 is 5.97 Å². The second-order valence-corrected chi connectivity index (χ2v) is 4.04. The summed E-state index contributed by atoms with van der Waals surface area (Å²) in [6.07, 6.45) is 5.14. The molecular formula is C13H9ClN2O3. The first-order chi connectivity index (χ1) is 9.11. The maximum atomic E-state index is 10.8. The molecule has 0 atom stereocenters. The molecule has 2 rings (SSSR count). The molecule has 5 nitrogen and oxygen atoms in total. The molecule has 96 valence electrons. The number of nitrogens with one attached hydrogen (secondary N) is 1. The number of ether oxygens (including phenoxy) is 1. The van der Waals surface area contributed by atoms with Crippen LogP contribution in [0.25, 0.3) is 11.3 Å². The lowest BCUT2D eigenvalue weighted by Gasteiger charge is -2.07. The van der Waals surface area contributed by atoms with E-state index in [-0.39, 0.29) is 12.3 Å². The second-order valence-electron chi connectivity index (χ2n) is 3.61. The van der Waals surface area contributed by atoms with E-state index in [1.165, 1.54) is 6.07 Å². The molecule has 0 saturated carbocycles. The summed E-state index contributed by atoms with van der Waals surface area (Å²) >= 11 is 5.92. The molecule has 0 aliphatic heterocycles. The van der Waals surface area contributed by atoms with Gasteiger partial charge in [0, 0.05) is 10.6 Å². The van der Waals surface area contributed by atoms with Gasteiger partial charge in [-0.25, -0.2) is 4.79 Å². The first kappa shape index (κ1) is 13.0. The van der Waals surface area contributed by atoms with Crippen LogP contribution in [0, 0.1) is 12.3 Å². The Balaban J connectivity index is 2.43. The SMILES string of the molecule is C#CCOc1ccc(Cl)cc1-c1cc(C(=O)O)[nH]n1. The highest BCUT2D eigenvalue weighted by Crippen LogP contribution is 2.31. The summed E-state index contributed by atoms with van der Waals surface area (Å²) in [6.45, 7) is 0.102. The van der Waals surface area contributed by atoms with Crippen LogP contribution >= 0.6 is 11.6 Å². The number of rotatable bonds is 4. The van der Waals surface area contributed by atoms with E-state index in [1.807, 2.05) is 0 Å². The van der Waals surface area contributed by atoms with E-state index in [9.17, 15) is 4.79 Å². The van der Waals surface area contributed by atoms with Gasteiger partial charge in [0.15, 0.2) is 0 Å². The van der Waals surface area contributed by atoms with Gasteiger partial charge in [-0.05, 0) is 24.3 Å². The average Bonchev–Trinajstić information content (AvgIpc) is 2.87. The molecule has 0 bridgehead atoms. The van der Waals surface area contributed by atoms with Crippen molar-refractivity contribution < 1.29 is 14.6 Å². The van der Waals surface area contributed by atoms with Crippen LogP contribution in [-0.2, 0) is 0 Å². The first-order valence-corrected chi connectivity index (χ1v) is 5.64. The molecule has 1 aromatic carbocycles. The number of hydrogen-bond acceptors (Lipinski definition) is 3. The molecule has 6 heteroatoms. The van der Waals surface area contributed by atoms with Crippen molar-refractivity contribution in [3.8, 4) is 29.4 Å². The Bertz CT molecular complexity index is 658. The number of aromatic nitrogens is 2. The standard InChI is InChI=1S/C13H9ClN2O3/c1-2-5-19-12-4-3-8(14)6-9(12)10-7-11(13(17)18)16-15-10/h1,3-4,6-7H,5H2,(H,15,16)(H,17,18). The third kappa shape index (κ3) is 2.87. The summed E-state index contributed by atoms with van der Waals surface area (Å²) in [6, 6.07) is 6.34. The lowest BCUT2D eigenvalue weighted by atomic mass is 10.1. The van der Waals surface area contributed by atoms with E-state index >= 15 is 0 Å². The third-order valence-corrected chi connectivity index (χ3v) is 2.57. The predicted molar refractivity (Wildman–Crippen MR) is 70.3 cm³/mol. The number of aromatic amines is 1. The third-order valence-electron chi connectivity index (χ3n) is 2.34. The van der Waals surface area contributed by atoms with Crippen LogP contribution in [0.5, 0.6) is 5.75 Å². The molecule has 0 aliphatic rings. The van der Waals surface area contributed by atoms with Crippen LogP contribution in [0.1, 0.15) is 10.5 Å². The Morgan fingerprint density at radius 3 is 2.95 bits per heavy atom. The van der Waals surface area contributed by atoms with Gasteiger partial charge in [0.1, 0.15) is 18.1 Å². The topological polar surface area (TPSA) is 75.2 Å². The summed E-state index contributed by atoms with van der Waals surface area (Å²) in [5, 5.41) is 15.7. The highest BCUT2D eigenvalue weighted by molar-refractivity contribution is 6.31. The Morgan fingerprint density at radius 1 is 1.53 bits per heavy atom. The number of carboxylic acids is 1. The lowest BCUT2D eigenvalue weighted by Crippen LogP contribution is -1.96. The van der Waals surface area contributed by atoms with Crippen LogP contribution in [0.15, 0.2) is 24.3 Å². The molecule has 2 aromatic rings.